The second-order valence-corrected chi connectivity index (χ2v) is 6.90. The molecule has 0 spiro atoms. The topological polar surface area (TPSA) is 69.0 Å². The molecule has 0 amide bonds. The molecule has 3 rings (SSSR count). The number of esters is 1. The number of nitrogens with zero attached hydrogens (tertiary/aromatic N) is 3. The summed E-state index contributed by atoms with van der Waals surface area (Å²) in [7, 11) is 1.36. The number of halogens is 1. The molecule has 6 nitrogen and oxygen atoms in total. The van der Waals surface area contributed by atoms with E-state index in [1.165, 1.54) is 19.2 Å². The zero-order valence-corrected chi connectivity index (χ0v) is 17.4. The number of nitrogens with one attached hydrogen (secondary N) is 1. The van der Waals surface area contributed by atoms with Gasteiger partial charge < -0.3 is 14.6 Å². The summed E-state index contributed by atoms with van der Waals surface area (Å²) < 4.78 is 20.1. The lowest BCUT2D eigenvalue weighted by molar-refractivity contribution is 0.0600. The number of pyridine rings is 1. The summed E-state index contributed by atoms with van der Waals surface area (Å²) in [5, 5.41) is 3.34. The van der Waals surface area contributed by atoms with Crippen LogP contribution in [-0.4, -0.2) is 27.6 Å². The molecule has 0 fully saturated rings. The predicted octanol–water partition coefficient (Wildman–Crippen LogP) is 3.88. The minimum absolute atomic E-state index is 0.253. The molecule has 0 atom stereocenters. The summed E-state index contributed by atoms with van der Waals surface area (Å²) in [4.78, 5) is 20.8. The molecule has 156 valence electrons. The minimum Gasteiger partial charge on any atom is -0.465 e. The lowest BCUT2D eigenvalue weighted by Crippen LogP contribution is -2.19. The molecule has 0 radical (unpaired) electrons. The number of benzene rings is 1. The molecule has 3 aromatic rings. The highest BCUT2D eigenvalue weighted by Crippen LogP contribution is 2.13. The van der Waals surface area contributed by atoms with Crippen LogP contribution in [0.3, 0.4) is 0 Å². The number of hydrogen-bond donors (Lipinski definition) is 1. The summed E-state index contributed by atoms with van der Waals surface area (Å²) in [6.45, 7) is 5.38. The number of methoxy groups -OCH3 is 1. The predicted molar refractivity (Wildman–Crippen MR) is 113 cm³/mol. The monoisotopic (exact) mass is 408 g/mol. The molecule has 2 heterocycles. The van der Waals surface area contributed by atoms with Crippen molar-refractivity contribution in [1.29, 1.82) is 0 Å². The Kier molecular flexibility index (Phi) is 7.08. The van der Waals surface area contributed by atoms with Crippen LogP contribution < -0.4 is 5.32 Å². The van der Waals surface area contributed by atoms with Crippen molar-refractivity contribution in [2.24, 2.45) is 0 Å². The van der Waals surface area contributed by atoms with Crippen molar-refractivity contribution in [3.8, 4) is 0 Å². The van der Waals surface area contributed by atoms with Gasteiger partial charge in [0.05, 0.1) is 36.8 Å². The van der Waals surface area contributed by atoms with Gasteiger partial charge in [0.1, 0.15) is 11.6 Å². The minimum atomic E-state index is -0.382. The van der Waals surface area contributed by atoms with Crippen molar-refractivity contribution < 1.29 is 13.9 Å². The fraction of sp³-hybridized carbons (Fsp3) is 0.261. The molecule has 0 aliphatic heterocycles. The summed E-state index contributed by atoms with van der Waals surface area (Å²) >= 11 is 0. The highest BCUT2D eigenvalue weighted by atomic mass is 19.1. The first-order valence-corrected chi connectivity index (χ1v) is 9.68. The number of ether oxygens (including phenoxy) is 1. The molecule has 0 saturated carbocycles. The van der Waals surface area contributed by atoms with Gasteiger partial charge in [0, 0.05) is 18.8 Å². The van der Waals surface area contributed by atoms with Gasteiger partial charge >= 0.3 is 5.97 Å². The number of hydrogen-bond acceptors (Lipinski definition) is 5. The third-order valence-corrected chi connectivity index (χ3v) is 4.58. The molecule has 0 aliphatic rings. The Labute approximate surface area is 175 Å². The van der Waals surface area contributed by atoms with Crippen LogP contribution in [0.2, 0.25) is 0 Å². The van der Waals surface area contributed by atoms with E-state index < -0.39 is 0 Å². The molecule has 0 aliphatic carbocycles. The van der Waals surface area contributed by atoms with Crippen molar-refractivity contribution in [3.05, 3.63) is 88.5 Å². The Morgan fingerprint density at radius 1 is 1.23 bits per heavy atom. The molecule has 0 bridgehead atoms. The lowest BCUT2D eigenvalue weighted by Gasteiger charge is -2.12. The van der Waals surface area contributed by atoms with Gasteiger partial charge in [-0.3, -0.25) is 4.98 Å². The number of carbonyl (C=O) groups excluding carboxylic acids is 1. The van der Waals surface area contributed by atoms with Gasteiger partial charge in [-0.25, -0.2) is 14.2 Å². The molecule has 0 unspecified atom stereocenters. The Hall–Kier alpha value is -3.32. The number of allylic oxidation sites excluding steroid dienone is 1. The van der Waals surface area contributed by atoms with E-state index >= 15 is 0 Å². The third kappa shape index (κ3) is 5.39. The molecule has 0 saturated heterocycles. The summed E-state index contributed by atoms with van der Waals surface area (Å²) in [5.41, 5.74) is 3.95. The molecular weight excluding hydrogens is 383 g/mol. The van der Waals surface area contributed by atoms with Gasteiger partial charge in [0.25, 0.3) is 0 Å². The number of carbonyl (C=O) groups is 1. The number of aromatic nitrogens is 3. The van der Waals surface area contributed by atoms with Crippen LogP contribution in [0.1, 0.15) is 45.8 Å². The third-order valence-electron chi connectivity index (χ3n) is 4.58. The maximum Gasteiger partial charge on any atom is 0.337 e. The van der Waals surface area contributed by atoms with Gasteiger partial charge in [-0.15, -0.1) is 0 Å². The Morgan fingerprint density at radius 2 is 2.00 bits per heavy atom. The second kappa shape index (κ2) is 9.93. The first-order chi connectivity index (χ1) is 14.5. The van der Waals surface area contributed by atoms with Gasteiger partial charge in [0.2, 0.25) is 0 Å². The normalized spacial score (nSPS) is 11.2. The zero-order valence-electron chi connectivity index (χ0n) is 17.4. The Balaban J connectivity index is 1.73. The van der Waals surface area contributed by atoms with Gasteiger partial charge in [0.15, 0.2) is 0 Å². The molecule has 7 heteroatoms. The smallest absolute Gasteiger partial charge is 0.337 e. The standard InChI is InChI=1S/C23H25FN4O2/c1-4-5-21-13-26-22(28(21)15-17-6-8-19(24)9-7-17)14-25-12-20-11-18(23(29)30-3)10-16(2)27-20/h4-11,13,25H,12,14-15H2,1-3H3. The first kappa shape index (κ1) is 21.4. The lowest BCUT2D eigenvalue weighted by atomic mass is 10.2. The Bertz CT molecular complexity index is 1040. The van der Waals surface area contributed by atoms with E-state index in [1.807, 2.05) is 32.2 Å². The largest absolute Gasteiger partial charge is 0.465 e. The average molecular weight is 408 g/mol. The number of imidazole rings is 1. The van der Waals surface area contributed by atoms with E-state index in [9.17, 15) is 9.18 Å². The van der Waals surface area contributed by atoms with Crippen molar-refractivity contribution in [2.75, 3.05) is 7.11 Å². The summed E-state index contributed by atoms with van der Waals surface area (Å²) in [6.07, 6.45) is 5.77. The van der Waals surface area contributed by atoms with Crippen LogP contribution in [0.25, 0.3) is 6.08 Å². The van der Waals surface area contributed by atoms with Gasteiger partial charge in [-0.2, -0.15) is 0 Å². The summed E-state index contributed by atoms with van der Waals surface area (Å²) in [5.74, 6) is 0.220. The van der Waals surface area contributed by atoms with Crippen LogP contribution in [0, 0.1) is 12.7 Å². The quantitative estimate of drug-likeness (QED) is 0.573. The number of aryl methyl sites for hydroxylation is 1. The Morgan fingerprint density at radius 3 is 2.70 bits per heavy atom. The van der Waals surface area contributed by atoms with E-state index in [2.05, 4.69) is 19.9 Å². The fourth-order valence-corrected chi connectivity index (χ4v) is 3.19. The molecular formula is C23H25FN4O2. The highest BCUT2D eigenvalue weighted by molar-refractivity contribution is 5.89. The van der Waals surface area contributed by atoms with Gasteiger partial charge in [-0.05, 0) is 49.8 Å². The van der Waals surface area contributed by atoms with E-state index in [0.29, 0.717) is 25.2 Å². The van der Waals surface area contributed by atoms with Crippen LogP contribution in [0.5, 0.6) is 0 Å². The zero-order chi connectivity index (χ0) is 21.5. The van der Waals surface area contributed by atoms with Crippen molar-refractivity contribution >= 4 is 12.0 Å². The maximum atomic E-state index is 13.2. The van der Waals surface area contributed by atoms with Crippen LogP contribution in [-0.2, 0) is 24.4 Å². The SMILES string of the molecule is CC=Cc1cnc(CNCc2cc(C(=O)OC)cc(C)n2)n1Cc1ccc(F)cc1. The number of rotatable bonds is 8. The van der Waals surface area contributed by atoms with E-state index in [4.69, 9.17) is 4.74 Å². The second-order valence-electron chi connectivity index (χ2n) is 6.90. The molecule has 2 aromatic heterocycles. The fourth-order valence-electron chi connectivity index (χ4n) is 3.19. The molecule has 1 aromatic carbocycles. The first-order valence-electron chi connectivity index (χ1n) is 9.68. The highest BCUT2D eigenvalue weighted by Gasteiger charge is 2.11. The van der Waals surface area contributed by atoms with Crippen molar-refractivity contribution in [1.82, 2.24) is 19.9 Å². The van der Waals surface area contributed by atoms with E-state index in [1.54, 1.807) is 24.3 Å². The molecule has 1 N–H and O–H groups in total. The van der Waals surface area contributed by atoms with Crippen LogP contribution in [0.4, 0.5) is 4.39 Å². The van der Waals surface area contributed by atoms with Crippen LogP contribution >= 0.6 is 0 Å². The van der Waals surface area contributed by atoms with Gasteiger partial charge in [-0.1, -0.05) is 18.2 Å². The van der Waals surface area contributed by atoms with Crippen LogP contribution in [0.15, 0.2) is 48.7 Å². The molecule has 30 heavy (non-hydrogen) atoms. The maximum absolute atomic E-state index is 13.2. The van der Waals surface area contributed by atoms with Crippen molar-refractivity contribution in [3.63, 3.8) is 0 Å². The average Bonchev–Trinajstić information content (AvgIpc) is 3.10. The van der Waals surface area contributed by atoms with Crippen molar-refractivity contribution in [2.45, 2.75) is 33.5 Å². The van der Waals surface area contributed by atoms with E-state index in [0.717, 1.165) is 28.5 Å². The summed E-state index contributed by atoms with van der Waals surface area (Å²) in [6, 6.07) is 9.90. The van der Waals surface area contributed by atoms with E-state index in [-0.39, 0.29) is 11.8 Å².